The van der Waals surface area contributed by atoms with Crippen molar-refractivity contribution in [2.45, 2.75) is 95.9 Å². The van der Waals surface area contributed by atoms with Gasteiger partial charge < -0.3 is 29.5 Å². The van der Waals surface area contributed by atoms with Crippen LogP contribution < -0.4 is 19.7 Å². The molecule has 8 nitrogen and oxygen atoms in total. The predicted molar refractivity (Wildman–Crippen MR) is 172 cm³/mol. The highest BCUT2D eigenvalue weighted by atomic mass is 16.5. The number of methoxy groups -OCH3 is 1. The second kappa shape index (κ2) is 14.9. The number of nitrogens with one attached hydrogen (secondary N) is 1. The third kappa shape index (κ3) is 7.79. The second-order valence-corrected chi connectivity index (χ2v) is 13.3. The normalized spacial score (nSPS) is 22.0. The minimum Gasteiger partial charge on any atom is -0.493 e. The first-order chi connectivity index (χ1) is 20.7. The van der Waals surface area contributed by atoms with Gasteiger partial charge in [0.05, 0.1) is 19.2 Å². The van der Waals surface area contributed by atoms with Crippen LogP contribution in [0, 0.1) is 5.92 Å². The van der Waals surface area contributed by atoms with Gasteiger partial charge in [0.15, 0.2) is 11.5 Å². The van der Waals surface area contributed by atoms with Crippen LogP contribution >= 0.6 is 0 Å². The van der Waals surface area contributed by atoms with Gasteiger partial charge in [-0.3, -0.25) is 0 Å². The highest BCUT2D eigenvalue weighted by molar-refractivity contribution is 5.93. The molecule has 3 saturated heterocycles. The van der Waals surface area contributed by atoms with E-state index in [0.29, 0.717) is 12.6 Å². The van der Waals surface area contributed by atoms with Crippen LogP contribution in [0.2, 0.25) is 0 Å². The number of likely N-dealkylation sites (tertiary alicyclic amines) is 2. The van der Waals surface area contributed by atoms with E-state index in [4.69, 9.17) is 19.4 Å². The maximum Gasteiger partial charge on any atom is 0.227 e. The minimum atomic E-state index is 0.427. The molecule has 1 aliphatic carbocycles. The van der Waals surface area contributed by atoms with Crippen LogP contribution in [0.15, 0.2) is 12.1 Å². The molecule has 232 valence electrons. The average Bonchev–Trinajstić information content (AvgIpc) is 3.05. The Morgan fingerprint density at radius 2 is 1.48 bits per heavy atom. The lowest BCUT2D eigenvalue weighted by Crippen LogP contribution is -2.41. The molecular formula is C34H54N6O2. The summed E-state index contributed by atoms with van der Waals surface area (Å²) in [5, 5.41) is 4.91. The van der Waals surface area contributed by atoms with Crippen molar-refractivity contribution >= 4 is 22.7 Å². The summed E-state index contributed by atoms with van der Waals surface area (Å²) in [6, 6.07) is 4.61. The number of rotatable bonds is 11. The topological polar surface area (TPSA) is 66.0 Å². The van der Waals surface area contributed by atoms with E-state index in [1.165, 1.54) is 103 Å². The number of anilines is 2. The summed E-state index contributed by atoms with van der Waals surface area (Å²) in [4.78, 5) is 17.9. The third-order valence-corrected chi connectivity index (χ3v) is 10.1. The van der Waals surface area contributed by atoms with Crippen molar-refractivity contribution in [2.24, 2.45) is 5.92 Å². The number of aromatic nitrogens is 2. The van der Waals surface area contributed by atoms with E-state index < -0.39 is 0 Å². The molecule has 1 saturated carbocycles. The SMILES string of the molecule is COc1cc2c(NC3CCN(CC4CCCCC4)CC3)nc(N3CCCCC3)nc2cc1OCCCN1CCCCC1. The first-order valence-corrected chi connectivity index (χ1v) is 17.2. The zero-order valence-corrected chi connectivity index (χ0v) is 26.1. The first kappa shape index (κ1) is 29.7. The van der Waals surface area contributed by atoms with Crippen LogP contribution in [0.25, 0.3) is 10.9 Å². The van der Waals surface area contributed by atoms with Crippen LogP contribution in [0.4, 0.5) is 11.8 Å². The summed E-state index contributed by atoms with van der Waals surface area (Å²) in [6.45, 7) is 9.94. The van der Waals surface area contributed by atoms with Gasteiger partial charge in [0, 0.05) is 56.8 Å². The zero-order chi connectivity index (χ0) is 28.6. The van der Waals surface area contributed by atoms with Crippen LogP contribution in [0.3, 0.4) is 0 Å². The molecule has 0 spiro atoms. The molecule has 8 heteroatoms. The van der Waals surface area contributed by atoms with Crippen LogP contribution in [-0.2, 0) is 0 Å². The third-order valence-electron chi connectivity index (χ3n) is 10.1. The van der Waals surface area contributed by atoms with Crippen molar-refractivity contribution in [3.8, 4) is 11.5 Å². The number of fused-ring (bicyclic) bond motifs is 1. The Hall–Kier alpha value is -2.32. The Balaban J connectivity index is 1.16. The summed E-state index contributed by atoms with van der Waals surface area (Å²) in [5.74, 6) is 4.26. The Morgan fingerprint density at radius 3 is 2.21 bits per heavy atom. The number of nitrogens with zero attached hydrogens (tertiary/aromatic N) is 5. The molecule has 0 amide bonds. The van der Waals surface area contributed by atoms with Crippen molar-refractivity contribution in [2.75, 3.05) is 76.3 Å². The molecule has 4 heterocycles. The molecule has 1 aromatic carbocycles. The summed E-state index contributed by atoms with van der Waals surface area (Å²) in [5.41, 5.74) is 0.939. The van der Waals surface area contributed by atoms with Crippen molar-refractivity contribution in [3.63, 3.8) is 0 Å². The number of piperidine rings is 3. The molecule has 1 N–H and O–H groups in total. The van der Waals surface area contributed by atoms with Gasteiger partial charge in [0.25, 0.3) is 0 Å². The monoisotopic (exact) mass is 578 g/mol. The smallest absolute Gasteiger partial charge is 0.227 e. The second-order valence-electron chi connectivity index (χ2n) is 13.3. The Kier molecular flexibility index (Phi) is 10.6. The maximum atomic E-state index is 6.32. The van der Waals surface area contributed by atoms with Gasteiger partial charge in [-0.2, -0.15) is 4.98 Å². The van der Waals surface area contributed by atoms with Gasteiger partial charge in [-0.25, -0.2) is 4.98 Å². The molecular weight excluding hydrogens is 524 g/mol. The van der Waals surface area contributed by atoms with E-state index in [0.717, 1.165) is 79.0 Å². The molecule has 1 aromatic heterocycles. The summed E-state index contributed by atoms with van der Waals surface area (Å²) < 4.78 is 12.2. The van der Waals surface area contributed by atoms with Gasteiger partial charge >= 0.3 is 0 Å². The molecule has 0 radical (unpaired) electrons. The summed E-state index contributed by atoms with van der Waals surface area (Å²) in [6.07, 6.45) is 18.2. The van der Waals surface area contributed by atoms with Crippen molar-refractivity contribution in [1.82, 2.24) is 19.8 Å². The van der Waals surface area contributed by atoms with Crippen LogP contribution in [0.5, 0.6) is 11.5 Å². The number of benzene rings is 1. The molecule has 4 fully saturated rings. The average molecular weight is 579 g/mol. The van der Waals surface area contributed by atoms with E-state index in [9.17, 15) is 0 Å². The lowest BCUT2D eigenvalue weighted by atomic mass is 9.88. The van der Waals surface area contributed by atoms with Crippen LogP contribution in [-0.4, -0.2) is 91.9 Å². The largest absolute Gasteiger partial charge is 0.493 e. The Morgan fingerprint density at radius 1 is 0.762 bits per heavy atom. The molecule has 4 aliphatic rings. The van der Waals surface area contributed by atoms with Gasteiger partial charge in [0.1, 0.15) is 5.82 Å². The molecule has 0 unspecified atom stereocenters. The number of hydrogen-bond donors (Lipinski definition) is 1. The molecule has 3 aliphatic heterocycles. The number of hydrogen-bond acceptors (Lipinski definition) is 8. The zero-order valence-electron chi connectivity index (χ0n) is 26.1. The first-order valence-electron chi connectivity index (χ1n) is 17.2. The van der Waals surface area contributed by atoms with E-state index in [1.807, 2.05) is 0 Å². The van der Waals surface area contributed by atoms with Crippen molar-refractivity contribution < 1.29 is 9.47 Å². The van der Waals surface area contributed by atoms with E-state index >= 15 is 0 Å². The molecule has 42 heavy (non-hydrogen) atoms. The minimum absolute atomic E-state index is 0.427. The quantitative estimate of drug-likeness (QED) is 0.310. The molecule has 0 bridgehead atoms. The fourth-order valence-electron chi connectivity index (χ4n) is 7.58. The van der Waals surface area contributed by atoms with E-state index in [1.54, 1.807) is 7.11 Å². The molecule has 0 atom stereocenters. The number of ether oxygens (including phenoxy) is 2. The van der Waals surface area contributed by atoms with Crippen molar-refractivity contribution in [1.29, 1.82) is 0 Å². The summed E-state index contributed by atoms with van der Waals surface area (Å²) >= 11 is 0. The van der Waals surface area contributed by atoms with Gasteiger partial charge in [0.2, 0.25) is 5.95 Å². The highest BCUT2D eigenvalue weighted by Crippen LogP contribution is 2.36. The van der Waals surface area contributed by atoms with Gasteiger partial charge in [-0.15, -0.1) is 0 Å². The Labute approximate surface area is 253 Å². The summed E-state index contributed by atoms with van der Waals surface area (Å²) in [7, 11) is 1.74. The fraction of sp³-hybridized carbons (Fsp3) is 0.765. The molecule has 2 aromatic rings. The molecule has 6 rings (SSSR count). The standard InChI is InChI=1S/C34H54N6O2/c1-41-31-24-29-30(25-32(31)42-23-11-18-38-16-7-3-8-17-38)36-34(40-19-9-4-10-20-40)37-33(29)35-28-14-21-39(22-15-28)26-27-12-5-2-6-13-27/h24-25,27-28H,2-23,26H2,1H3,(H,35,36,37). The lowest BCUT2D eigenvalue weighted by molar-refractivity contribution is 0.168. The van der Waals surface area contributed by atoms with Crippen molar-refractivity contribution in [3.05, 3.63) is 12.1 Å². The van der Waals surface area contributed by atoms with E-state index in [-0.39, 0.29) is 0 Å². The van der Waals surface area contributed by atoms with Crippen LogP contribution in [0.1, 0.15) is 89.9 Å². The van der Waals surface area contributed by atoms with Gasteiger partial charge in [-0.05, 0) is 89.3 Å². The lowest BCUT2D eigenvalue weighted by Gasteiger charge is -2.36. The fourth-order valence-corrected chi connectivity index (χ4v) is 7.58. The van der Waals surface area contributed by atoms with Gasteiger partial charge in [-0.1, -0.05) is 25.7 Å². The predicted octanol–water partition coefficient (Wildman–Crippen LogP) is 6.34. The van der Waals surface area contributed by atoms with E-state index in [2.05, 4.69) is 32.1 Å². The Bertz CT molecular complexity index is 1120. The highest BCUT2D eigenvalue weighted by Gasteiger charge is 2.25. The maximum absolute atomic E-state index is 6.32.